The number of nitrogens with zero attached hydrogens (tertiary/aromatic N) is 3. The van der Waals surface area contributed by atoms with E-state index in [0.29, 0.717) is 6.54 Å². The zero-order valence-corrected chi connectivity index (χ0v) is 19.1. The Morgan fingerprint density at radius 2 is 1.72 bits per heavy atom. The second-order valence-electron chi connectivity index (χ2n) is 7.46. The topological polar surface area (TPSA) is 70.6 Å². The van der Waals surface area contributed by atoms with Crippen LogP contribution in [0.25, 0.3) is 10.2 Å². The summed E-state index contributed by atoms with van der Waals surface area (Å²) in [7, 11) is -0.0201. The molecule has 172 valence electrons. The Morgan fingerprint density at radius 1 is 1.03 bits per heavy atom. The number of amides is 1. The van der Waals surface area contributed by atoms with Crippen molar-refractivity contribution in [3.05, 3.63) is 53.8 Å². The fourth-order valence-electron chi connectivity index (χ4n) is 3.00. The van der Waals surface area contributed by atoms with E-state index < -0.39 is 27.3 Å². The van der Waals surface area contributed by atoms with Crippen molar-refractivity contribution in [2.75, 3.05) is 37.8 Å². The van der Waals surface area contributed by atoms with Gasteiger partial charge in [0, 0.05) is 25.6 Å². The number of likely N-dealkylation sites (N-methyl/N-ethyl adjacent to an activating group) is 1. The van der Waals surface area contributed by atoms with Crippen LogP contribution < -0.4 is 4.90 Å². The van der Waals surface area contributed by atoms with Crippen molar-refractivity contribution in [1.29, 1.82) is 0 Å². The summed E-state index contributed by atoms with van der Waals surface area (Å²) in [5, 5.41) is 0.220. The Hall–Kier alpha value is -2.50. The molecule has 0 N–H and O–H groups in total. The van der Waals surface area contributed by atoms with E-state index in [1.807, 2.05) is 19.0 Å². The van der Waals surface area contributed by atoms with Crippen LogP contribution >= 0.6 is 11.3 Å². The summed E-state index contributed by atoms with van der Waals surface area (Å²) in [5.74, 6) is -2.75. The second kappa shape index (κ2) is 9.97. The largest absolute Gasteiger partial charge is 0.308 e. The average molecular weight is 486 g/mol. The highest BCUT2D eigenvalue weighted by Crippen LogP contribution is 2.31. The molecule has 0 spiro atoms. The van der Waals surface area contributed by atoms with E-state index in [1.165, 1.54) is 17.0 Å². The van der Waals surface area contributed by atoms with Gasteiger partial charge in [-0.1, -0.05) is 11.3 Å². The number of hydrogen-bond donors (Lipinski definition) is 0. The summed E-state index contributed by atoms with van der Waals surface area (Å²) in [5.41, 5.74) is -0.0204. The summed E-state index contributed by atoms with van der Waals surface area (Å²) in [4.78, 5) is 20.3. The molecule has 0 aliphatic rings. The molecular formula is C21H22F3N3O3S2. The maximum Gasteiger partial charge on any atom is 0.228 e. The molecule has 1 aromatic heterocycles. The third-order valence-corrected chi connectivity index (χ3v) is 7.52. The number of anilines is 1. The van der Waals surface area contributed by atoms with Gasteiger partial charge in [-0.2, -0.15) is 0 Å². The standard InChI is InChI=1S/C21H22F3N3O3S2/c1-26(2)9-10-27(21-25-20-17(24)12-15(23)13-18(20)31-21)19(28)4-3-11-32(29,30)16-7-5-14(22)6-8-16/h5-8,12-13H,3-4,9-11H2,1-2H3. The molecule has 3 rings (SSSR count). The van der Waals surface area contributed by atoms with Crippen LogP contribution in [0.2, 0.25) is 0 Å². The molecule has 3 aromatic rings. The van der Waals surface area contributed by atoms with E-state index in [4.69, 9.17) is 0 Å². The number of hydrogen-bond acceptors (Lipinski definition) is 6. The number of carbonyl (C=O) groups is 1. The quantitative estimate of drug-likeness (QED) is 0.431. The van der Waals surface area contributed by atoms with Gasteiger partial charge < -0.3 is 4.90 Å². The average Bonchev–Trinajstić information content (AvgIpc) is 3.12. The molecule has 2 aromatic carbocycles. The molecule has 11 heteroatoms. The van der Waals surface area contributed by atoms with Crippen LogP contribution in [0.3, 0.4) is 0 Å². The van der Waals surface area contributed by atoms with Crippen molar-refractivity contribution in [3.63, 3.8) is 0 Å². The molecular weight excluding hydrogens is 463 g/mol. The molecule has 1 amide bonds. The summed E-state index contributed by atoms with van der Waals surface area (Å²) in [6.07, 6.45) is -0.0362. The highest BCUT2D eigenvalue weighted by atomic mass is 32.2. The first kappa shape index (κ1) is 24.1. The maximum absolute atomic E-state index is 14.1. The fraction of sp³-hybridized carbons (Fsp3) is 0.333. The summed E-state index contributed by atoms with van der Waals surface area (Å²) in [6.45, 7) is 0.743. The van der Waals surface area contributed by atoms with Gasteiger partial charge in [0.2, 0.25) is 5.91 Å². The first-order chi connectivity index (χ1) is 15.1. The molecule has 0 saturated heterocycles. The van der Waals surface area contributed by atoms with Crippen molar-refractivity contribution < 1.29 is 26.4 Å². The Balaban J connectivity index is 1.75. The smallest absolute Gasteiger partial charge is 0.228 e. The number of rotatable bonds is 9. The second-order valence-corrected chi connectivity index (χ2v) is 10.6. The monoisotopic (exact) mass is 485 g/mol. The lowest BCUT2D eigenvalue weighted by Gasteiger charge is -2.22. The van der Waals surface area contributed by atoms with Crippen LogP contribution in [0.1, 0.15) is 12.8 Å². The van der Waals surface area contributed by atoms with Gasteiger partial charge in [-0.25, -0.2) is 26.6 Å². The van der Waals surface area contributed by atoms with Gasteiger partial charge in [0.15, 0.2) is 20.8 Å². The molecule has 0 fully saturated rings. The molecule has 0 bridgehead atoms. The predicted octanol–water partition coefficient (Wildman–Crippen LogP) is 3.86. The molecule has 0 unspecified atom stereocenters. The van der Waals surface area contributed by atoms with Gasteiger partial charge >= 0.3 is 0 Å². The zero-order chi connectivity index (χ0) is 23.5. The minimum absolute atomic E-state index is 0.0144. The van der Waals surface area contributed by atoms with Crippen molar-refractivity contribution in [1.82, 2.24) is 9.88 Å². The van der Waals surface area contributed by atoms with E-state index in [9.17, 15) is 26.4 Å². The number of sulfone groups is 1. The first-order valence-corrected chi connectivity index (χ1v) is 12.2. The van der Waals surface area contributed by atoms with Crippen LogP contribution in [-0.2, 0) is 14.6 Å². The summed E-state index contributed by atoms with van der Waals surface area (Å²) < 4.78 is 65.8. The van der Waals surface area contributed by atoms with E-state index >= 15 is 0 Å². The number of aromatic nitrogens is 1. The normalized spacial score (nSPS) is 11.9. The minimum Gasteiger partial charge on any atom is -0.308 e. The lowest BCUT2D eigenvalue weighted by atomic mass is 10.3. The number of halogens is 3. The Labute approximate surface area is 188 Å². The third-order valence-electron chi connectivity index (χ3n) is 4.68. The van der Waals surface area contributed by atoms with Crippen molar-refractivity contribution >= 4 is 42.4 Å². The molecule has 1 heterocycles. The van der Waals surface area contributed by atoms with Crippen molar-refractivity contribution in [2.45, 2.75) is 17.7 Å². The van der Waals surface area contributed by atoms with Crippen LogP contribution in [-0.4, -0.2) is 57.1 Å². The van der Waals surface area contributed by atoms with Gasteiger partial charge in [-0.15, -0.1) is 0 Å². The van der Waals surface area contributed by atoms with Gasteiger partial charge in [0.1, 0.15) is 17.2 Å². The molecule has 0 saturated carbocycles. The molecule has 6 nitrogen and oxygen atoms in total. The maximum atomic E-state index is 14.1. The van der Waals surface area contributed by atoms with Crippen LogP contribution in [0.5, 0.6) is 0 Å². The highest BCUT2D eigenvalue weighted by molar-refractivity contribution is 7.91. The molecule has 0 aliphatic carbocycles. The van der Waals surface area contributed by atoms with E-state index in [0.717, 1.165) is 35.6 Å². The molecule has 0 radical (unpaired) electrons. The van der Waals surface area contributed by atoms with Crippen molar-refractivity contribution in [2.24, 2.45) is 0 Å². The number of benzene rings is 2. The molecule has 0 atom stereocenters. The predicted molar refractivity (Wildman–Crippen MR) is 118 cm³/mol. The van der Waals surface area contributed by atoms with Gasteiger partial charge in [-0.3, -0.25) is 9.69 Å². The van der Waals surface area contributed by atoms with E-state index in [2.05, 4.69) is 4.98 Å². The van der Waals surface area contributed by atoms with Crippen molar-refractivity contribution in [3.8, 4) is 0 Å². The van der Waals surface area contributed by atoms with Crippen LogP contribution in [0, 0.1) is 17.5 Å². The fourth-order valence-corrected chi connectivity index (χ4v) is 5.36. The molecule has 32 heavy (non-hydrogen) atoms. The van der Waals surface area contributed by atoms with Gasteiger partial charge in [0.05, 0.1) is 15.3 Å². The molecule has 0 aliphatic heterocycles. The summed E-state index contributed by atoms with van der Waals surface area (Å²) in [6, 6.07) is 6.39. The zero-order valence-electron chi connectivity index (χ0n) is 17.5. The Kier molecular flexibility index (Phi) is 7.52. The lowest BCUT2D eigenvalue weighted by molar-refractivity contribution is -0.118. The van der Waals surface area contributed by atoms with Crippen LogP contribution in [0.4, 0.5) is 18.3 Å². The Bertz CT molecular complexity index is 1210. The number of fused-ring (bicyclic) bond motifs is 1. The number of carbonyl (C=O) groups excluding carboxylic acids is 1. The summed E-state index contributed by atoms with van der Waals surface area (Å²) >= 11 is 0.993. The minimum atomic E-state index is -3.67. The SMILES string of the molecule is CN(C)CCN(C(=O)CCCS(=O)(=O)c1ccc(F)cc1)c1nc2c(F)cc(F)cc2s1. The van der Waals surface area contributed by atoms with Gasteiger partial charge in [0.25, 0.3) is 0 Å². The van der Waals surface area contributed by atoms with Gasteiger partial charge in [-0.05, 0) is 50.8 Å². The highest BCUT2D eigenvalue weighted by Gasteiger charge is 2.22. The van der Waals surface area contributed by atoms with E-state index in [-0.39, 0.29) is 51.3 Å². The lowest BCUT2D eigenvalue weighted by Crippen LogP contribution is -2.36. The number of thiazole rings is 1. The Morgan fingerprint density at radius 3 is 2.38 bits per heavy atom. The van der Waals surface area contributed by atoms with E-state index in [1.54, 1.807) is 0 Å². The first-order valence-electron chi connectivity index (χ1n) is 9.76. The third kappa shape index (κ3) is 5.84. The van der Waals surface area contributed by atoms with Crippen LogP contribution in [0.15, 0.2) is 41.3 Å².